The first-order chi connectivity index (χ1) is 11.2. The first kappa shape index (κ1) is 16.4. The van der Waals surface area contributed by atoms with Gasteiger partial charge < -0.3 is 25.3 Å². The maximum atomic E-state index is 9.99. The first-order valence-electron chi connectivity index (χ1n) is 8.41. The Morgan fingerprint density at radius 1 is 1.30 bits per heavy atom. The van der Waals surface area contributed by atoms with Crippen LogP contribution in [0.15, 0.2) is 12.4 Å². The van der Waals surface area contributed by atoms with E-state index in [0.29, 0.717) is 12.6 Å². The Morgan fingerprint density at radius 3 is 2.96 bits per heavy atom. The second kappa shape index (κ2) is 6.98. The van der Waals surface area contributed by atoms with Crippen LogP contribution < -0.4 is 10.2 Å². The summed E-state index contributed by atoms with van der Waals surface area (Å²) in [6, 6.07) is 2.29. The molecule has 3 heterocycles. The highest BCUT2D eigenvalue weighted by Gasteiger charge is 2.46. The molecule has 2 aliphatic heterocycles. The smallest absolute Gasteiger partial charge is 0.134 e. The third kappa shape index (κ3) is 3.27. The number of aliphatic hydroxyl groups excluding tert-OH is 2. The van der Waals surface area contributed by atoms with Crippen molar-refractivity contribution >= 4 is 11.6 Å². The minimum absolute atomic E-state index is 0.0362. The molecule has 2 aliphatic rings. The van der Waals surface area contributed by atoms with Gasteiger partial charge in [-0.15, -0.1) is 0 Å². The van der Waals surface area contributed by atoms with Gasteiger partial charge >= 0.3 is 0 Å². The average Bonchev–Trinajstić information content (AvgIpc) is 2.60. The molecule has 0 amide bonds. The molecule has 0 bridgehead atoms. The van der Waals surface area contributed by atoms with E-state index in [1.54, 1.807) is 6.33 Å². The molecule has 1 aromatic rings. The third-order valence-electron chi connectivity index (χ3n) is 5.41. The molecular formula is C16H27N5O2. The predicted octanol–water partition coefficient (Wildman–Crippen LogP) is 0.164. The fourth-order valence-corrected chi connectivity index (χ4v) is 4.02. The van der Waals surface area contributed by atoms with Gasteiger partial charge in [0.25, 0.3) is 0 Å². The highest BCUT2D eigenvalue weighted by atomic mass is 16.3. The number of nitrogens with one attached hydrogen (secondary N) is 1. The van der Waals surface area contributed by atoms with Crippen molar-refractivity contribution in [3.63, 3.8) is 0 Å². The van der Waals surface area contributed by atoms with Gasteiger partial charge in [-0.2, -0.15) is 0 Å². The lowest BCUT2D eigenvalue weighted by molar-refractivity contribution is -0.0277. The van der Waals surface area contributed by atoms with Crippen LogP contribution in [0.5, 0.6) is 0 Å². The van der Waals surface area contributed by atoms with Gasteiger partial charge in [-0.3, -0.25) is 0 Å². The lowest BCUT2D eigenvalue weighted by Crippen LogP contribution is -2.61. The van der Waals surface area contributed by atoms with Crippen LogP contribution in [0.4, 0.5) is 11.6 Å². The maximum absolute atomic E-state index is 9.99. The van der Waals surface area contributed by atoms with Crippen LogP contribution in [0.1, 0.15) is 19.3 Å². The Labute approximate surface area is 137 Å². The van der Waals surface area contributed by atoms with Crippen molar-refractivity contribution in [3.8, 4) is 0 Å². The van der Waals surface area contributed by atoms with Crippen LogP contribution in [0.25, 0.3) is 0 Å². The molecule has 7 heteroatoms. The van der Waals surface area contributed by atoms with Crippen molar-refractivity contribution in [2.75, 3.05) is 56.7 Å². The van der Waals surface area contributed by atoms with Crippen LogP contribution in [-0.4, -0.2) is 77.6 Å². The first-order valence-corrected chi connectivity index (χ1v) is 8.41. The van der Waals surface area contributed by atoms with Crippen LogP contribution in [0.2, 0.25) is 0 Å². The third-order valence-corrected chi connectivity index (χ3v) is 5.41. The number of rotatable bonds is 5. The molecule has 1 aromatic heterocycles. The van der Waals surface area contributed by atoms with Gasteiger partial charge in [-0.25, -0.2) is 9.97 Å². The van der Waals surface area contributed by atoms with Crippen molar-refractivity contribution in [2.45, 2.75) is 25.3 Å². The molecule has 0 aromatic carbocycles. The number of likely N-dealkylation sites (tertiary alicyclic amines) is 1. The van der Waals surface area contributed by atoms with E-state index in [2.05, 4.69) is 32.1 Å². The fraction of sp³-hybridized carbons (Fsp3) is 0.750. The molecule has 0 saturated carbocycles. The van der Waals surface area contributed by atoms with E-state index in [-0.39, 0.29) is 18.6 Å². The van der Waals surface area contributed by atoms with E-state index in [9.17, 15) is 5.11 Å². The highest BCUT2D eigenvalue weighted by Crippen LogP contribution is 2.42. The Bertz CT molecular complexity index is 529. The molecule has 3 N–H and O–H groups in total. The van der Waals surface area contributed by atoms with Crippen molar-refractivity contribution in [3.05, 3.63) is 12.4 Å². The van der Waals surface area contributed by atoms with Gasteiger partial charge in [0.05, 0.1) is 13.2 Å². The van der Waals surface area contributed by atoms with Crippen molar-refractivity contribution in [1.82, 2.24) is 14.9 Å². The number of fused-ring (bicyclic) bond motifs is 1. The van der Waals surface area contributed by atoms with E-state index in [1.807, 2.05) is 6.07 Å². The average molecular weight is 321 g/mol. The van der Waals surface area contributed by atoms with Crippen LogP contribution in [-0.2, 0) is 0 Å². The zero-order valence-electron chi connectivity index (χ0n) is 13.8. The number of anilines is 2. The van der Waals surface area contributed by atoms with Gasteiger partial charge in [0.1, 0.15) is 18.0 Å². The number of hydrogen-bond donors (Lipinski definition) is 3. The largest absolute Gasteiger partial charge is 0.396 e. The van der Waals surface area contributed by atoms with Gasteiger partial charge in [0.15, 0.2) is 0 Å². The second-order valence-corrected chi connectivity index (χ2v) is 6.73. The number of likely N-dealkylation sites (N-methyl/N-ethyl adjacent to an activating group) is 1. The summed E-state index contributed by atoms with van der Waals surface area (Å²) in [5.41, 5.74) is 0.0362. The molecule has 23 heavy (non-hydrogen) atoms. The topological polar surface area (TPSA) is 84.8 Å². The van der Waals surface area contributed by atoms with Gasteiger partial charge in [0.2, 0.25) is 0 Å². The summed E-state index contributed by atoms with van der Waals surface area (Å²) in [7, 11) is 2.16. The minimum Gasteiger partial charge on any atom is -0.396 e. The van der Waals surface area contributed by atoms with E-state index >= 15 is 0 Å². The lowest BCUT2D eigenvalue weighted by Gasteiger charge is -2.53. The lowest BCUT2D eigenvalue weighted by atomic mass is 9.69. The van der Waals surface area contributed by atoms with E-state index in [1.165, 1.54) is 0 Å². The Morgan fingerprint density at radius 2 is 2.17 bits per heavy atom. The molecule has 0 aliphatic carbocycles. The number of piperidine rings is 2. The molecule has 0 unspecified atom stereocenters. The Kier molecular flexibility index (Phi) is 4.99. The summed E-state index contributed by atoms with van der Waals surface area (Å²) in [5.74, 6) is 1.64. The summed E-state index contributed by atoms with van der Waals surface area (Å²) in [4.78, 5) is 13.3. The predicted molar refractivity (Wildman–Crippen MR) is 89.6 cm³/mol. The summed E-state index contributed by atoms with van der Waals surface area (Å²) in [6.45, 7) is 3.70. The van der Waals surface area contributed by atoms with E-state index in [4.69, 9.17) is 5.11 Å². The zero-order chi connectivity index (χ0) is 16.3. The molecule has 128 valence electrons. The van der Waals surface area contributed by atoms with Crippen LogP contribution in [0.3, 0.4) is 0 Å². The Hall–Kier alpha value is -1.44. The fourth-order valence-electron chi connectivity index (χ4n) is 4.02. The highest BCUT2D eigenvalue weighted by molar-refractivity contribution is 5.49. The molecule has 0 spiro atoms. The standard InChI is InChI=1S/C16H27N5O2/c1-20-6-2-3-16(11-23)4-7-21(10-13(16)20)15-9-14(17-5-8-22)18-12-19-15/h9,12-13,22-23H,2-8,10-11H2,1H3,(H,17,18,19)/t13-,16-/m1/s1. The molecule has 2 saturated heterocycles. The summed E-state index contributed by atoms with van der Waals surface area (Å²) < 4.78 is 0. The number of aromatic nitrogens is 2. The number of aliphatic hydroxyl groups is 2. The molecular weight excluding hydrogens is 294 g/mol. The summed E-state index contributed by atoms with van der Waals surface area (Å²) >= 11 is 0. The molecule has 3 rings (SSSR count). The van der Waals surface area contributed by atoms with Crippen LogP contribution >= 0.6 is 0 Å². The quantitative estimate of drug-likeness (QED) is 0.712. The summed E-state index contributed by atoms with van der Waals surface area (Å²) in [5, 5.41) is 22.0. The van der Waals surface area contributed by atoms with E-state index in [0.717, 1.165) is 50.5 Å². The van der Waals surface area contributed by atoms with Crippen molar-refractivity contribution in [2.24, 2.45) is 5.41 Å². The second-order valence-electron chi connectivity index (χ2n) is 6.73. The molecule has 0 radical (unpaired) electrons. The number of nitrogens with zero attached hydrogens (tertiary/aromatic N) is 4. The molecule has 2 atom stereocenters. The zero-order valence-corrected chi connectivity index (χ0v) is 13.8. The van der Waals surface area contributed by atoms with Gasteiger partial charge in [0, 0.05) is 37.2 Å². The van der Waals surface area contributed by atoms with Crippen molar-refractivity contribution < 1.29 is 10.2 Å². The van der Waals surface area contributed by atoms with Crippen molar-refractivity contribution in [1.29, 1.82) is 0 Å². The molecule has 2 fully saturated rings. The minimum atomic E-state index is 0.0362. The van der Waals surface area contributed by atoms with E-state index < -0.39 is 0 Å². The van der Waals surface area contributed by atoms with Gasteiger partial charge in [-0.05, 0) is 32.9 Å². The summed E-state index contributed by atoms with van der Waals surface area (Å²) in [6.07, 6.45) is 4.82. The normalized spacial score (nSPS) is 28.5. The number of hydrogen-bond acceptors (Lipinski definition) is 7. The molecule has 7 nitrogen and oxygen atoms in total. The Balaban J connectivity index is 1.75. The SMILES string of the molecule is CN1CCC[C@]2(CO)CCN(c3cc(NCCO)ncn3)C[C@@H]12. The van der Waals surface area contributed by atoms with Crippen LogP contribution in [0, 0.1) is 5.41 Å². The van der Waals surface area contributed by atoms with Gasteiger partial charge in [-0.1, -0.05) is 0 Å². The monoisotopic (exact) mass is 321 g/mol. The maximum Gasteiger partial charge on any atom is 0.134 e.